The van der Waals surface area contributed by atoms with Crippen LogP contribution >= 0.6 is 0 Å². The van der Waals surface area contributed by atoms with E-state index in [1.807, 2.05) is 4.68 Å². The average Bonchev–Trinajstić information content (AvgIpc) is 2.72. The molecule has 1 aliphatic rings. The zero-order chi connectivity index (χ0) is 10.7. The summed E-state index contributed by atoms with van der Waals surface area (Å²) in [5, 5.41) is 13.4. The van der Waals surface area contributed by atoms with Gasteiger partial charge in [0.05, 0.1) is 31.5 Å². The number of ether oxygens (including phenoxy) is 1. The molecule has 1 aromatic rings. The van der Waals surface area contributed by atoms with Crippen molar-refractivity contribution in [1.82, 2.24) is 9.78 Å². The highest BCUT2D eigenvalue weighted by molar-refractivity contribution is 5.23. The van der Waals surface area contributed by atoms with Crippen LogP contribution in [0.5, 0.6) is 5.88 Å². The van der Waals surface area contributed by atoms with Gasteiger partial charge in [0.1, 0.15) is 0 Å². The Balaban J connectivity index is 2.22. The van der Waals surface area contributed by atoms with Crippen LogP contribution in [0.4, 0.5) is 0 Å². The molecule has 1 aliphatic carbocycles. The zero-order valence-electron chi connectivity index (χ0n) is 9.15. The normalized spacial score (nSPS) is 18.0. The Morgan fingerprint density at radius 2 is 2.20 bits per heavy atom. The van der Waals surface area contributed by atoms with Crippen molar-refractivity contribution in [2.24, 2.45) is 0 Å². The van der Waals surface area contributed by atoms with Crippen LogP contribution in [0.25, 0.3) is 0 Å². The molecule has 1 heterocycles. The lowest BCUT2D eigenvalue weighted by Gasteiger charge is -2.23. The molecule has 0 radical (unpaired) electrons. The van der Waals surface area contributed by atoms with Crippen LogP contribution < -0.4 is 4.74 Å². The summed E-state index contributed by atoms with van der Waals surface area (Å²) < 4.78 is 7.24. The summed E-state index contributed by atoms with van der Waals surface area (Å²) >= 11 is 0. The summed E-state index contributed by atoms with van der Waals surface area (Å²) in [5.41, 5.74) is 0.781. The molecule has 15 heavy (non-hydrogen) atoms. The SMILES string of the molecule is COc1c(CO)cnn1C1CCCCC1. The number of methoxy groups -OCH3 is 1. The number of hydrogen-bond acceptors (Lipinski definition) is 3. The summed E-state index contributed by atoms with van der Waals surface area (Å²) in [6.07, 6.45) is 7.90. The first-order valence-corrected chi connectivity index (χ1v) is 5.58. The van der Waals surface area contributed by atoms with Crippen molar-refractivity contribution >= 4 is 0 Å². The molecule has 0 unspecified atom stereocenters. The lowest BCUT2D eigenvalue weighted by atomic mass is 9.96. The number of aliphatic hydroxyl groups excluding tert-OH is 1. The molecular formula is C11H18N2O2. The van der Waals surface area contributed by atoms with Crippen molar-refractivity contribution in [3.05, 3.63) is 11.8 Å². The van der Waals surface area contributed by atoms with Gasteiger partial charge in [-0.3, -0.25) is 0 Å². The second kappa shape index (κ2) is 4.66. The minimum Gasteiger partial charge on any atom is -0.481 e. The van der Waals surface area contributed by atoms with Gasteiger partial charge < -0.3 is 9.84 Å². The highest BCUT2D eigenvalue weighted by atomic mass is 16.5. The molecule has 4 nitrogen and oxygen atoms in total. The van der Waals surface area contributed by atoms with Gasteiger partial charge in [0, 0.05) is 0 Å². The van der Waals surface area contributed by atoms with E-state index < -0.39 is 0 Å². The maximum Gasteiger partial charge on any atom is 0.217 e. The van der Waals surface area contributed by atoms with E-state index in [4.69, 9.17) is 9.84 Å². The van der Waals surface area contributed by atoms with E-state index in [2.05, 4.69) is 5.10 Å². The fraction of sp³-hybridized carbons (Fsp3) is 0.727. The quantitative estimate of drug-likeness (QED) is 0.828. The fourth-order valence-corrected chi connectivity index (χ4v) is 2.31. The van der Waals surface area contributed by atoms with Gasteiger partial charge in [-0.1, -0.05) is 19.3 Å². The van der Waals surface area contributed by atoms with Crippen molar-refractivity contribution in [2.75, 3.05) is 7.11 Å². The predicted octanol–water partition coefficient (Wildman–Crippen LogP) is 1.89. The van der Waals surface area contributed by atoms with Crippen molar-refractivity contribution < 1.29 is 9.84 Å². The van der Waals surface area contributed by atoms with Crippen LogP contribution in [0.3, 0.4) is 0 Å². The first-order chi connectivity index (χ1) is 7.36. The van der Waals surface area contributed by atoms with E-state index in [9.17, 15) is 0 Å². The summed E-state index contributed by atoms with van der Waals surface area (Å²) in [7, 11) is 1.63. The summed E-state index contributed by atoms with van der Waals surface area (Å²) in [6, 6.07) is 0.453. The Morgan fingerprint density at radius 3 is 2.80 bits per heavy atom. The molecule has 2 rings (SSSR count). The minimum atomic E-state index is -0.00407. The number of aliphatic hydroxyl groups is 1. The van der Waals surface area contributed by atoms with E-state index >= 15 is 0 Å². The van der Waals surface area contributed by atoms with E-state index in [0.717, 1.165) is 11.4 Å². The third-order valence-electron chi connectivity index (χ3n) is 3.11. The number of hydrogen-bond donors (Lipinski definition) is 1. The molecule has 1 saturated carbocycles. The highest BCUT2D eigenvalue weighted by Gasteiger charge is 2.20. The Hall–Kier alpha value is -1.03. The van der Waals surface area contributed by atoms with Crippen LogP contribution in [-0.2, 0) is 6.61 Å². The van der Waals surface area contributed by atoms with Crippen LogP contribution in [0, 0.1) is 0 Å². The molecule has 4 heteroatoms. The number of rotatable bonds is 3. The summed E-state index contributed by atoms with van der Waals surface area (Å²) in [4.78, 5) is 0. The molecule has 0 bridgehead atoms. The van der Waals surface area contributed by atoms with Crippen molar-refractivity contribution in [2.45, 2.75) is 44.8 Å². The third-order valence-corrected chi connectivity index (χ3v) is 3.11. The van der Waals surface area contributed by atoms with Gasteiger partial charge in [-0.05, 0) is 12.8 Å². The first-order valence-electron chi connectivity index (χ1n) is 5.58. The molecule has 0 aliphatic heterocycles. The predicted molar refractivity (Wildman–Crippen MR) is 56.8 cm³/mol. The topological polar surface area (TPSA) is 47.3 Å². The van der Waals surface area contributed by atoms with Crippen molar-refractivity contribution in [3.63, 3.8) is 0 Å². The molecular weight excluding hydrogens is 192 g/mol. The van der Waals surface area contributed by atoms with Gasteiger partial charge in [0.15, 0.2) is 0 Å². The standard InChI is InChI=1S/C11H18N2O2/c1-15-11-9(8-14)7-12-13(11)10-5-3-2-4-6-10/h7,10,14H,2-6,8H2,1H3. The van der Waals surface area contributed by atoms with E-state index in [1.165, 1.54) is 32.1 Å². The van der Waals surface area contributed by atoms with E-state index in [0.29, 0.717) is 6.04 Å². The second-order valence-corrected chi connectivity index (χ2v) is 4.07. The lowest BCUT2D eigenvalue weighted by molar-refractivity contribution is 0.257. The average molecular weight is 210 g/mol. The molecule has 0 atom stereocenters. The molecule has 1 aromatic heterocycles. The van der Waals surface area contributed by atoms with E-state index in [-0.39, 0.29) is 6.61 Å². The highest BCUT2D eigenvalue weighted by Crippen LogP contribution is 2.32. The molecule has 0 saturated heterocycles. The number of nitrogens with zero attached hydrogens (tertiary/aromatic N) is 2. The third kappa shape index (κ3) is 2.00. The van der Waals surface area contributed by atoms with Gasteiger partial charge in [-0.25, -0.2) is 4.68 Å². The van der Waals surface area contributed by atoms with Crippen molar-refractivity contribution in [1.29, 1.82) is 0 Å². The molecule has 0 spiro atoms. The molecule has 1 fully saturated rings. The van der Waals surface area contributed by atoms with Crippen LogP contribution in [-0.4, -0.2) is 22.0 Å². The Labute approximate surface area is 89.9 Å². The van der Waals surface area contributed by atoms with Gasteiger partial charge in [0.2, 0.25) is 5.88 Å². The molecule has 0 aromatic carbocycles. The zero-order valence-corrected chi connectivity index (χ0v) is 9.15. The van der Waals surface area contributed by atoms with Crippen LogP contribution in [0.15, 0.2) is 6.20 Å². The monoisotopic (exact) mass is 210 g/mol. The lowest BCUT2D eigenvalue weighted by Crippen LogP contribution is -2.15. The molecule has 84 valence electrons. The van der Waals surface area contributed by atoms with Gasteiger partial charge >= 0.3 is 0 Å². The number of aromatic nitrogens is 2. The van der Waals surface area contributed by atoms with Crippen molar-refractivity contribution in [3.8, 4) is 5.88 Å². The van der Waals surface area contributed by atoms with Gasteiger partial charge in [0.25, 0.3) is 0 Å². The molecule has 1 N–H and O–H groups in total. The summed E-state index contributed by atoms with van der Waals surface area (Å²) in [5.74, 6) is 0.726. The smallest absolute Gasteiger partial charge is 0.217 e. The first kappa shape index (κ1) is 10.5. The largest absolute Gasteiger partial charge is 0.481 e. The Morgan fingerprint density at radius 1 is 1.47 bits per heavy atom. The van der Waals surface area contributed by atoms with Gasteiger partial charge in [-0.2, -0.15) is 5.10 Å². The Bertz CT molecular complexity index is 316. The molecule has 0 amide bonds. The van der Waals surface area contributed by atoms with Crippen LogP contribution in [0.2, 0.25) is 0 Å². The summed E-state index contributed by atoms with van der Waals surface area (Å²) in [6.45, 7) is -0.00407. The fourth-order valence-electron chi connectivity index (χ4n) is 2.31. The maximum atomic E-state index is 9.13. The second-order valence-electron chi connectivity index (χ2n) is 4.07. The maximum absolute atomic E-state index is 9.13. The van der Waals surface area contributed by atoms with Gasteiger partial charge in [-0.15, -0.1) is 0 Å². The van der Waals surface area contributed by atoms with E-state index in [1.54, 1.807) is 13.3 Å². The van der Waals surface area contributed by atoms with Crippen LogP contribution in [0.1, 0.15) is 43.7 Å². The Kier molecular flexibility index (Phi) is 3.26. The minimum absolute atomic E-state index is 0.00407.